The van der Waals surface area contributed by atoms with Crippen molar-refractivity contribution in [1.82, 2.24) is 14.4 Å². The molecule has 2 fully saturated rings. The summed E-state index contributed by atoms with van der Waals surface area (Å²) in [6, 6.07) is 27.3. The van der Waals surface area contributed by atoms with E-state index in [4.69, 9.17) is 34.8 Å². The summed E-state index contributed by atoms with van der Waals surface area (Å²) in [6.45, 7) is 14.1. The minimum atomic E-state index is -0.570. The lowest BCUT2D eigenvalue weighted by Gasteiger charge is -2.36. The Labute approximate surface area is 398 Å². The number of carbonyl (C=O) groups excluding carboxylic acids is 2. The van der Waals surface area contributed by atoms with Crippen LogP contribution in [0.15, 0.2) is 95.5 Å². The maximum atomic E-state index is 11.5. The van der Waals surface area contributed by atoms with Crippen molar-refractivity contribution in [3.63, 3.8) is 0 Å². The number of hydrogen-bond donors (Lipinski definition) is 4. The van der Waals surface area contributed by atoms with Crippen molar-refractivity contribution in [3.05, 3.63) is 96.9 Å². The average molecular weight is 928 g/mol. The summed E-state index contributed by atoms with van der Waals surface area (Å²) >= 11 is 0. The van der Waals surface area contributed by atoms with Gasteiger partial charge in [-0.15, -0.1) is 0 Å². The number of aryl methyl sites for hydroxylation is 2. The molecule has 68 heavy (non-hydrogen) atoms. The first-order chi connectivity index (χ1) is 33.3. The molecule has 0 bridgehead atoms. The molecule has 360 valence electrons. The van der Waals surface area contributed by atoms with Crippen LogP contribution in [0.5, 0.6) is 23.0 Å². The fourth-order valence-corrected chi connectivity index (χ4v) is 9.59. The molecular formula is C52H65N9O7. The number of fused-ring (bicyclic) bond motifs is 4. The second-order valence-electron chi connectivity index (χ2n) is 17.8. The number of urea groups is 2. The molecule has 2 aromatic heterocycles. The summed E-state index contributed by atoms with van der Waals surface area (Å²) in [5, 5.41) is 7.39. The van der Waals surface area contributed by atoms with Gasteiger partial charge < -0.3 is 59.8 Å². The topological polar surface area (TPSA) is 178 Å². The first-order valence-electron chi connectivity index (χ1n) is 24.3. The third-order valence-corrected chi connectivity index (χ3v) is 13.2. The van der Waals surface area contributed by atoms with E-state index in [9.17, 15) is 9.59 Å². The quantitative estimate of drug-likeness (QED) is 0.0776. The number of unbranched alkanes of at least 4 members (excludes halogenated alkanes) is 2. The van der Waals surface area contributed by atoms with Crippen LogP contribution in [0.3, 0.4) is 0 Å². The Bertz CT molecular complexity index is 2630. The highest BCUT2D eigenvalue weighted by Crippen LogP contribution is 2.36. The lowest BCUT2D eigenvalue weighted by atomic mass is 10.1. The van der Waals surface area contributed by atoms with Crippen LogP contribution in [0.25, 0.3) is 21.9 Å². The van der Waals surface area contributed by atoms with E-state index in [1.54, 1.807) is 0 Å². The highest BCUT2D eigenvalue weighted by atomic mass is 16.5. The van der Waals surface area contributed by atoms with Gasteiger partial charge in [0.2, 0.25) is 0 Å². The van der Waals surface area contributed by atoms with Crippen LogP contribution in [-0.2, 0) is 13.0 Å². The maximum Gasteiger partial charge on any atom is 0.316 e. The number of piperazine rings is 2. The Hall–Kier alpha value is -6.78. The zero-order chi connectivity index (χ0) is 46.7. The third kappa shape index (κ3) is 11.7. The van der Waals surface area contributed by atoms with Crippen LogP contribution >= 0.6 is 0 Å². The fourth-order valence-electron chi connectivity index (χ4n) is 9.59. The summed E-state index contributed by atoms with van der Waals surface area (Å²) in [7, 11) is 0. The molecule has 6 N–H and O–H groups in total. The number of para-hydroxylation sites is 2. The number of amides is 4. The lowest BCUT2D eigenvalue weighted by Crippen LogP contribution is -2.46. The van der Waals surface area contributed by atoms with Gasteiger partial charge >= 0.3 is 12.1 Å². The number of rotatable bonds is 14. The van der Waals surface area contributed by atoms with Gasteiger partial charge in [0.25, 0.3) is 0 Å². The van der Waals surface area contributed by atoms with Crippen molar-refractivity contribution in [1.29, 1.82) is 0 Å². The monoisotopic (exact) mass is 928 g/mol. The van der Waals surface area contributed by atoms with E-state index in [0.717, 1.165) is 180 Å². The minimum Gasteiger partial charge on any atom is -0.490 e. The van der Waals surface area contributed by atoms with Crippen molar-refractivity contribution in [2.75, 3.05) is 112 Å². The number of hydrogen-bond acceptors (Lipinski definition) is 11. The molecule has 10 rings (SSSR count). The third-order valence-electron chi connectivity index (χ3n) is 13.2. The molecule has 0 aliphatic carbocycles. The van der Waals surface area contributed by atoms with Crippen LogP contribution in [0.1, 0.15) is 44.3 Å². The lowest BCUT2D eigenvalue weighted by molar-refractivity contribution is 0.251. The summed E-state index contributed by atoms with van der Waals surface area (Å²) in [4.78, 5) is 32.7. The molecule has 2 saturated heterocycles. The van der Waals surface area contributed by atoms with Crippen molar-refractivity contribution in [2.24, 2.45) is 11.5 Å². The zero-order valence-corrected chi connectivity index (χ0v) is 39.0. The number of nitrogens with zero attached hydrogens (tertiary/aromatic N) is 5. The Morgan fingerprint density at radius 3 is 1.65 bits per heavy atom. The normalized spacial score (nSPS) is 16.4. The highest BCUT2D eigenvalue weighted by molar-refractivity contribution is 6.01. The predicted molar refractivity (Wildman–Crippen MR) is 268 cm³/mol. The average Bonchev–Trinajstić information content (AvgIpc) is 3.62. The molecule has 0 spiro atoms. The number of anilines is 4. The van der Waals surface area contributed by atoms with Gasteiger partial charge in [0.15, 0.2) is 23.0 Å². The Balaban J connectivity index is 0.000000170. The van der Waals surface area contributed by atoms with Gasteiger partial charge in [-0.05, 0) is 81.2 Å². The van der Waals surface area contributed by atoms with Gasteiger partial charge in [-0.3, -0.25) is 9.80 Å². The SMILES string of the molecule is NC(=O)Nc1c(CCCCN2CCN(c3ccc4c(c3)OCCCO4)CC2)oc2ccccc12.NC(=O)Nc1cn(CCCCN2CCN(c3ccc4c(c3)OCCCO4)CC2)c2ccccc12. The molecule has 6 aromatic rings. The highest BCUT2D eigenvalue weighted by Gasteiger charge is 2.22. The first-order valence-corrected chi connectivity index (χ1v) is 24.3. The molecule has 0 atom stereocenters. The molecule has 16 nitrogen and oxygen atoms in total. The Morgan fingerprint density at radius 2 is 1.06 bits per heavy atom. The van der Waals surface area contributed by atoms with Gasteiger partial charge in [0, 0.05) is 119 Å². The van der Waals surface area contributed by atoms with Crippen molar-refractivity contribution < 1.29 is 33.0 Å². The maximum absolute atomic E-state index is 11.5. The number of nitrogens with two attached hydrogens (primary N) is 2. The van der Waals surface area contributed by atoms with Gasteiger partial charge in [-0.25, -0.2) is 9.59 Å². The van der Waals surface area contributed by atoms with Crippen molar-refractivity contribution >= 4 is 56.7 Å². The molecule has 0 radical (unpaired) electrons. The van der Waals surface area contributed by atoms with Gasteiger partial charge in [0.05, 0.1) is 43.3 Å². The number of benzene rings is 4. The summed E-state index contributed by atoms with van der Waals surface area (Å²) in [6.07, 6.45) is 8.86. The number of nitrogens with one attached hydrogen (secondary N) is 2. The van der Waals surface area contributed by atoms with E-state index in [1.165, 1.54) is 11.4 Å². The van der Waals surface area contributed by atoms with E-state index in [0.29, 0.717) is 25.5 Å². The van der Waals surface area contributed by atoms with E-state index in [2.05, 4.69) is 65.1 Å². The molecule has 4 aliphatic rings. The smallest absolute Gasteiger partial charge is 0.316 e. The van der Waals surface area contributed by atoms with E-state index >= 15 is 0 Å². The largest absolute Gasteiger partial charge is 0.490 e. The number of aromatic nitrogens is 1. The van der Waals surface area contributed by atoms with E-state index in [1.807, 2.05) is 60.8 Å². The summed E-state index contributed by atoms with van der Waals surface area (Å²) in [5.41, 5.74) is 16.5. The second kappa shape index (κ2) is 22.3. The van der Waals surface area contributed by atoms with Crippen molar-refractivity contribution in [3.8, 4) is 23.0 Å². The molecule has 4 amide bonds. The van der Waals surface area contributed by atoms with Crippen LogP contribution in [0.2, 0.25) is 0 Å². The molecule has 4 aliphatic heterocycles. The molecule has 0 unspecified atom stereocenters. The molecule has 0 saturated carbocycles. The molecule has 4 aromatic carbocycles. The number of primary amides is 2. The van der Waals surface area contributed by atoms with E-state index in [-0.39, 0.29) is 0 Å². The summed E-state index contributed by atoms with van der Waals surface area (Å²) in [5.74, 6) is 4.21. The Kier molecular flexibility index (Phi) is 15.2. The van der Waals surface area contributed by atoms with E-state index < -0.39 is 12.1 Å². The van der Waals surface area contributed by atoms with Crippen LogP contribution < -0.4 is 50.8 Å². The molecule has 6 heterocycles. The minimum absolute atomic E-state index is 0.534. The van der Waals surface area contributed by atoms with Crippen LogP contribution in [0.4, 0.5) is 32.3 Å². The number of carbonyl (C=O) groups is 2. The number of furan rings is 1. The number of ether oxygens (including phenoxy) is 4. The molecule has 16 heteroatoms. The standard InChI is InChI=1S/C26H33N5O3.C26H32N4O4/c27-26(32)28-22-19-31(23-7-2-1-6-21(22)23)11-4-3-10-29-12-14-30(15-13-29)20-8-9-24-25(18-20)34-17-5-16-33-24;27-26(31)28-25-20-6-1-2-7-21(20)34-23(25)8-3-4-11-29-12-14-30(15-13-29)19-9-10-22-24(18-19)33-17-5-16-32-22/h1-2,6-9,18-19H,3-5,10-17H2,(H3,27,28,32);1-2,6-7,9-10,18H,3-5,8,11-17H2,(H3,27,28,31). The summed E-state index contributed by atoms with van der Waals surface area (Å²) < 4.78 is 31.4. The van der Waals surface area contributed by atoms with Crippen LogP contribution in [0, 0.1) is 0 Å². The van der Waals surface area contributed by atoms with Gasteiger partial charge in [-0.1, -0.05) is 30.3 Å². The molecular weight excluding hydrogens is 863 g/mol. The predicted octanol–water partition coefficient (Wildman–Crippen LogP) is 8.13. The van der Waals surface area contributed by atoms with Gasteiger partial charge in [-0.2, -0.15) is 0 Å². The van der Waals surface area contributed by atoms with Crippen LogP contribution in [-0.4, -0.2) is 118 Å². The second-order valence-corrected chi connectivity index (χ2v) is 17.8. The van der Waals surface area contributed by atoms with Gasteiger partial charge in [0.1, 0.15) is 11.3 Å². The Morgan fingerprint density at radius 1 is 0.544 bits per heavy atom. The fraction of sp³-hybridized carbons (Fsp3) is 0.423. The van der Waals surface area contributed by atoms with Crippen molar-refractivity contribution in [2.45, 2.75) is 51.5 Å². The zero-order valence-electron chi connectivity index (χ0n) is 39.0. The first kappa shape index (κ1) is 46.3.